The van der Waals surface area contributed by atoms with E-state index in [4.69, 9.17) is 18.9 Å². The van der Waals surface area contributed by atoms with Crippen molar-refractivity contribution < 1.29 is 33.3 Å². The van der Waals surface area contributed by atoms with Gasteiger partial charge in [-0.1, -0.05) is 74.0 Å². The molecule has 37 heavy (non-hydrogen) atoms. The first-order chi connectivity index (χ1) is 18.0. The predicted molar refractivity (Wildman–Crippen MR) is 137 cm³/mol. The van der Waals surface area contributed by atoms with Crippen molar-refractivity contribution >= 4 is 18.0 Å². The lowest BCUT2D eigenvalue weighted by Crippen LogP contribution is -2.45. The largest absolute Gasteiger partial charge is 0.463 e. The van der Waals surface area contributed by atoms with E-state index in [1.807, 2.05) is 60.7 Å². The molecule has 1 saturated heterocycles. The molecule has 0 saturated carbocycles. The summed E-state index contributed by atoms with van der Waals surface area (Å²) in [5.74, 6) is -1.17. The van der Waals surface area contributed by atoms with Gasteiger partial charge in [-0.05, 0) is 43.2 Å². The highest BCUT2D eigenvalue weighted by Crippen LogP contribution is 2.24. The first kappa shape index (κ1) is 28.2. The van der Waals surface area contributed by atoms with Crippen molar-refractivity contribution in [3.05, 3.63) is 71.8 Å². The average Bonchev–Trinajstić information content (AvgIpc) is 2.93. The van der Waals surface area contributed by atoms with Crippen LogP contribution in [0.15, 0.2) is 60.7 Å². The number of hydrogen-bond donors (Lipinski definition) is 1. The lowest BCUT2D eigenvalue weighted by atomic mass is 9.98. The van der Waals surface area contributed by atoms with Gasteiger partial charge in [-0.15, -0.1) is 0 Å². The maximum absolute atomic E-state index is 12.7. The standard InChI is InChI=1S/C29H37NO7/c1-2-10-24-15-9-16-25(37-24)17-18-27(31)34-21-26(28(32)35-19-22-11-5-3-6-12-22)30-29(33)36-20-23-13-7-4-8-14-23/h3-8,11-14,24-26H,2,9-10,15-21H2,1H3,(H,30,33). The van der Waals surface area contributed by atoms with Gasteiger partial charge in [-0.3, -0.25) is 4.79 Å². The van der Waals surface area contributed by atoms with E-state index in [-0.39, 0.29) is 38.4 Å². The van der Waals surface area contributed by atoms with Crippen LogP contribution in [0, 0.1) is 0 Å². The number of hydrogen-bond acceptors (Lipinski definition) is 7. The van der Waals surface area contributed by atoms with Crippen LogP contribution < -0.4 is 5.32 Å². The Morgan fingerprint density at radius 2 is 1.46 bits per heavy atom. The Morgan fingerprint density at radius 1 is 0.865 bits per heavy atom. The molecule has 1 aliphatic heterocycles. The second-order valence-electron chi connectivity index (χ2n) is 9.17. The summed E-state index contributed by atoms with van der Waals surface area (Å²) in [5.41, 5.74) is 1.60. The minimum absolute atomic E-state index is 0.0306. The van der Waals surface area contributed by atoms with Crippen molar-refractivity contribution in [2.45, 2.75) is 83.3 Å². The number of nitrogens with one attached hydrogen (secondary N) is 1. The van der Waals surface area contributed by atoms with Crippen molar-refractivity contribution in [3.63, 3.8) is 0 Å². The van der Waals surface area contributed by atoms with Gasteiger partial charge in [0.15, 0.2) is 6.04 Å². The molecule has 1 heterocycles. The van der Waals surface area contributed by atoms with E-state index in [9.17, 15) is 14.4 Å². The third-order valence-corrected chi connectivity index (χ3v) is 6.14. The number of ether oxygens (including phenoxy) is 4. The molecule has 8 heteroatoms. The smallest absolute Gasteiger partial charge is 0.408 e. The van der Waals surface area contributed by atoms with Crippen LogP contribution in [0.4, 0.5) is 4.79 Å². The lowest BCUT2D eigenvalue weighted by molar-refractivity contribution is -0.153. The van der Waals surface area contributed by atoms with Crippen molar-refractivity contribution in [1.82, 2.24) is 5.32 Å². The minimum atomic E-state index is -1.20. The van der Waals surface area contributed by atoms with Crippen LogP contribution in [-0.4, -0.2) is 42.9 Å². The molecule has 2 aromatic rings. The SMILES string of the molecule is CCCC1CCCC(CCC(=O)OCC(NC(=O)OCc2ccccc2)C(=O)OCc2ccccc2)O1. The maximum atomic E-state index is 12.7. The highest BCUT2D eigenvalue weighted by Gasteiger charge is 2.26. The van der Waals surface area contributed by atoms with E-state index >= 15 is 0 Å². The van der Waals surface area contributed by atoms with Gasteiger partial charge in [0.1, 0.15) is 19.8 Å². The minimum Gasteiger partial charge on any atom is -0.463 e. The molecular formula is C29H37NO7. The van der Waals surface area contributed by atoms with Crippen molar-refractivity contribution in [2.24, 2.45) is 0 Å². The zero-order chi connectivity index (χ0) is 26.3. The number of carbonyl (C=O) groups is 3. The molecule has 2 aromatic carbocycles. The van der Waals surface area contributed by atoms with Crippen LogP contribution in [0.25, 0.3) is 0 Å². The Hall–Kier alpha value is -3.39. The molecule has 1 aliphatic rings. The molecule has 0 aromatic heterocycles. The molecule has 3 rings (SSSR count). The zero-order valence-electron chi connectivity index (χ0n) is 21.4. The Kier molecular flexibility index (Phi) is 11.9. The normalized spacial score (nSPS) is 17.9. The first-order valence-electron chi connectivity index (χ1n) is 13.0. The van der Waals surface area contributed by atoms with Crippen LogP contribution in [-0.2, 0) is 41.8 Å². The highest BCUT2D eigenvalue weighted by molar-refractivity contribution is 5.82. The first-order valence-corrected chi connectivity index (χ1v) is 13.0. The second kappa shape index (κ2) is 15.7. The van der Waals surface area contributed by atoms with E-state index in [0.29, 0.717) is 6.42 Å². The van der Waals surface area contributed by atoms with Gasteiger partial charge in [0.05, 0.1) is 12.2 Å². The summed E-state index contributed by atoms with van der Waals surface area (Å²) in [6, 6.07) is 17.2. The van der Waals surface area contributed by atoms with Gasteiger partial charge < -0.3 is 24.3 Å². The third-order valence-electron chi connectivity index (χ3n) is 6.14. The Labute approximate surface area is 218 Å². The van der Waals surface area contributed by atoms with Crippen molar-refractivity contribution in [2.75, 3.05) is 6.61 Å². The molecule has 0 aliphatic carbocycles. The Morgan fingerprint density at radius 3 is 2.08 bits per heavy atom. The predicted octanol–water partition coefficient (Wildman–Crippen LogP) is 5.09. The fourth-order valence-electron chi connectivity index (χ4n) is 4.16. The fourth-order valence-corrected chi connectivity index (χ4v) is 4.16. The van der Waals surface area contributed by atoms with E-state index in [1.54, 1.807) is 0 Å². The average molecular weight is 512 g/mol. The van der Waals surface area contributed by atoms with E-state index in [0.717, 1.165) is 43.2 Å². The van der Waals surface area contributed by atoms with Crippen molar-refractivity contribution in [1.29, 1.82) is 0 Å². The summed E-state index contributed by atoms with van der Waals surface area (Å²) in [6.07, 6.45) is 5.41. The molecule has 0 spiro atoms. The van der Waals surface area contributed by atoms with Gasteiger partial charge in [0, 0.05) is 6.42 Å². The number of carbonyl (C=O) groups excluding carboxylic acids is 3. The van der Waals surface area contributed by atoms with Gasteiger partial charge in [0.2, 0.25) is 0 Å². The molecule has 0 radical (unpaired) electrons. The number of amides is 1. The lowest BCUT2D eigenvalue weighted by Gasteiger charge is -2.29. The Balaban J connectivity index is 1.49. The van der Waals surface area contributed by atoms with E-state index in [1.165, 1.54) is 0 Å². The van der Waals surface area contributed by atoms with Gasteiger partial charge in [-0.2, -0.15) is 0 Å². The molecule has 3 atom stereocenters. The topological polar surface area (TPSA) is 100 Å². The Bertz CT molecular complexity index is 965. The van der Waals surface area contributed by atoms with Crippen LogP contribution in [0.1, 0.15) is 63.0 Å². The second-order valence-corrected chi connectivity index (χ2v) is 9.17. The number of benzene rings is 2. The van der Waals surface area contributed by atoms with Crippen LogP contribution in [0.2, 0.25) is 0 Å². The van der Waals surface area contributed by atoms with Crippen LogP contribution in [0.5, 0.6) is 0 Å². The monoisotopic (exact) mass is 511 g/mol. The molecule has 8 nitrogen and oxygen atoms in total. The van der Waals surface area contributed by atoms with Crippen LogP contribution >= 0.6 is 0 Å². The number of alkyl carbamates (subject to hydrolysis) is 1. The number of esters is 2. The van der Waals surface area contributed by atoms with E-state index < -0.39 is 24.1 Å². The number of rotatable bonds is 13. The summed E-state index contributed by atoms with van der Waals surface area (Å²) in [5, 5.41) is 2.47. The summed E-state index contributed by atoms with van der Waals surface area (Å²) in [7, 11) is 0. The van der Waals surface area contributed by atoms with Crippen LogP contribution in [0.3, 0.4) is 0 Å². The summed E-state index contributed by atoms with van der Waals surface area (Å²) >= 11 is 0. The fraction of sp³-hybridized carbons (Fsp3) is 0.483. The van der Waals surface area contributed by atoms with Crippen molar-refractivity contribution in [3.8, 4) is 0 Å². The maximum Gasteiger partial charge on any atom is 0.408 e. The van der Waals surface area contributed by atoms with Gasteiger partial charge >= 0.3 is 18.0 Å². The molecule has 200 valence electrons. The quantitative estimate of drug-likeness (QED) is 0.295. The van der Waals surface area contributed by atoms with Gasteiger partial charge in [0.25, 0.3) is 0 Å². The highest BCUT2D eigenvalue weighted by atomic mass is 16.6. The zero-order valence-corrected chi connectivity index (χ0v) is 21.4. The molecule has 1 amide bonds. The van der Waals surface area contributed by atoms with Gasteiger partial charge in [-0.25, -0.2) is 9.59 Å². The summed E-state index contributed by atoms with van der Waals surface area (Å²) < 4.78 is 22.0. The molecule has 1 N–H and O–H groups in total. The summed E-state index contributed by atoms with van der Waals surface area (Å²) in [6.45, 7) is 1.86. The molecule has 3 unspecified atom stereocenters. The molecular weight excluding hydrogens is 474 g/mol. The summed E-state index contributed by atoms with van der Waals surface area (Å²) in [4.78, 5) is 37.5. The van der Waals surface area contributed by atoms with E-state index in [2.05, 4.69) is 12.2 Å². The molecule has 1 fully saturated rings. The third kappa shape index (κ3) is 10.6. The molecule has 0 bridgehead atoms.